The standard InChI is InChI=1S/C15H14Cl2/c16-11-15(12-17,13-7-3-1-4-8-13)14-9-5-2-6-10-14/h1-10H,11-12H2. The van der Waals surface area contributed by atoms with Crippen molar-refractivity contribution in [3.63, 3.8) is 0 Å². The van der Waals surface area contributed by atoms with Crippen LogP contribution in [0.5, 0.6) is 0 Å². The minimum absolute atomic E-state index is 0.300. The van der Waals surface area contributed by atoms with Crippen molar-refractivity contribution in [3.05, 3.63) is 71.8 Å². The fourth-order valence-electron chi connectivity index (χ4n) is 2.03. The van der Waals surface area contributed by atoms with Gasteiger partial charge in [0.25, 0.3) is 0 Å². The number of rotatable bonds is 4. The van der Waals surface area contributed by atoms with E-state index in [0.29, 0.717) is 11.8 Å². The van der Waals surface area contributed by atoms with Crippen molar-refractivity contribution in [2.24, 2.45) is 0 Å². The van der Waals surface area contributed by atoms with Crippen LogP contribution in [0.3, 0.4) is 0 Å². The molecule has 0 atom stereocenters. The van der Waals surface area contributed by atoms with E-state index in [0.717, 1.165) is 11.1 Å². The van der Waals surface area contributed by atoms with Gasteiger partial charge in [-0.1, -0.05) is 60.7 Å². The van der Waals surface area contributed by atoms with Crippen LogP contribution in [0.1, 0.15) is 11.1 Å². The van der Waals surface area contributed by atoms with E-state index in [1.165, 1.54) is 0 Å². The molecule has 88 valence electrons. The summed E-state index contributed by atoms with van der Waals surface area (Å²) >= 11 is 12.4. The fourth-order valence-corrected chi connectivity index (χ4v) is 2.93. The molecular formula is C15H14Cl2. The van der Waals surface area contributed by atoms with Crippen LogP contribution in [0, 0.1) is 0 Å². The third kappa shape index (κ3) is 2.34. The molecule has 0 heterocycles. The first-order valence-corrected chi connectivity index (χ1v) is 6.63. The van der Waals surface area contributed by atoms with Crippen LogP contribution in [0.2, 0.25) is 0 Å². The Labute approximate surface area is 112 Å². The molecule has 0 nitrogen and oxygen atoms in total. The highest BCUT2D eigenvalue weighted by atomic mass is 35.5. The Morgan fingerprint density at radius 3 is 1.29 bits per heavy atom. The smallest absolute Gasteiger partial charge is 0.0473 e. The monoisotopic (exact) mass is 264 g/mol. The average molecular weight is 265 g/mol. The van der Waals surface area contributed by atoms with E-state index in [-0.39, 0.29) is 5.41 Å². The maximum absolute atomic E-state index is 6.21. The summed E-state index contributed by atoms with van der Waals surface area (Å²) in [5, 5.41) is 0. The van der Waals surface area contributed by atoms with E-state index in [9.17, 15) is 0 Å². The Balaban J connectivity index is 2.54. The Morgan fingerprint density at radius 1 is 0.647 bits per heavy atom. The molecule has 17 heavy (non-hydrogen) atoms. The summed E-state index contributed by atoms with van der Waals surface area (Å²) in [7, 11) is 0. The zero-order chi connectivity index (χ0) is 12.1. The van der Waals surface area contributed by atoms with Crippen LogP contribution in [-0.2, 0) is 5.41 Å². The molecule has 0 spiro atoms. The van der Waals surface area contributed by atoms with Crippen LogP contribution < -0.4 is 0 Å². The fraction of sp³-hybridized carbons (Fsp3) is 0.200. The van der Waals surface area contributed by atoms with Crippen molar-refractivity contribution in [3.8, 4) is 0 Å². The minimum atomic E-state index is -0.300. The molecule has 0 aromatic heterocycles. The van der Waals surface area contributed by atoms with Gasteiger partial charge < -0.3 is 0 Å². The molecule has 0 unspecified atom stereocenters. The zero-order valence-corrected chi connectivity index (χ0v) is 11.0. The first-order chi connectivity index (χ1) is 8.33. The van der Waals surface area contributed by atoms with E-state index < -0.39 is 0 Å². The van der Waals surface area contributed by atoms with Crippen molar-refractivity contribution in [1.82, 2.24) is 0 Å². The molecule has 0 N–H and O–H groups in total. The maximum Gasteiger partial charge on any atom is 0.0473 e. The number of benzene rings is 2. The molecule has 0 saturated carbocycles. The minimum Gasteiger partial charge on any atom is -0.125 e. The lowest BCUT2D eigenvalue weighted by atomic mass is 9.78. The van der Waals surface area contributed by atoms with Crippen molar-refractivity contribution >= 4 is 23.2 Å². The molecule has 0 amide bonds. The first-order valence-electron chi connectivity index (χ1n) is 5.56. The van der Waals surface area contributed by atoms with Crippen LogP contribution in [0.4, 0.5) is 0 Å². The van der Waals surface area contributed by atoms with Gasteiger partial charge in [0.15, 0.2) is 0 Å². The lowest BCUT2D eigenvalue weighted by Crippen LogP contribution is -2.31. The number of halogens is 2. The van der Waals surface area contributed by atoms with E-state index in [4.69, 9.17) is 23.2 Å². The second-order valence-electron chi connectivity index (χ2n) is 4.08. The summed E-state index contributed by atoms with van der Waals surface area (Å²) in [6, 6.07) is 20.4. The molecule has 0 aliphatic heterocycles. The molecule has 0 bridgehead atoms. The highest BCUT2D eigenvalue weighted by Crippen LogP contribution is 2.34. The van der Waals surface area contributed by atoms with Crippen LogP contribution in [-0.4, -0.2) is 11.8 Å². The van der Waals surface area contributed by atoms with Gasteiger partial charge in [-0.25, -0.2) is 0 Å². The Kier molecular flexibility index (Phi) is 4.09. The summed E-state index contributed by atoms with van der Waals surface area (Å²) in [5.41, 5.74) is 2.03. The predicted molar refractivity (Wildman–Crippen MR) is 75.1 cm³/mol. The van der Waals surface area contributed by atoms with Crippen molar-refractivity contribution in [2.75, 3.05) is 11.8 Å². The second-order valence-corrected chi connectivity index (χ2v) is 4.62. The van der Waals surface area contributed by atoms with Gasteiger partial charge in [-0.05, 0) is 11.1 Å². The zero-order valence-electron chi connectivity index (χ0n) is 9.44. The molecular weight excluding hydrogens is 251 g/mol. The van der Waals surface area contributed by atoms with Crippen molar-refractivity contribution in [1.29, 1.82) is 0 Å². The van der Waals surface area contributed by atoms with E-state index in [1.807, 2.05) is 36.4 Å². The summed E-state index contributed by atoms with van der Waals surface area (Å²) in [6.07, 6.45) is 0. The highest BCUT2D eigenvalue weighted by Gasteiger charge is 2.32. The van der Waals surface area contributed by atoms with Crippen molar-refractivity contribution in [2.45, 2.75) is 5.41 Å². The summed E-state index contributed by atoms with van der Waals surface area (Å²) in [5.74, 6) is 0.953. The quantitative estimate of drug-likeness (QED) is 0.716. The summed E-state index contributed by atoms with van der Waals surface area (Å²) in [4.78, 5) is 0. The predicted octanol–water partition coefficient (Wildman–Crippen LogP) is 4.45. The third-order valence-electron chi connectivity index (χ3n) is 3.11. The Morgan fingerprint density at radius 2 is 1.00 bits per heavy atom. The largest absolute Gasteiger partial charge is 0.125 e. The molecule has 2 aromatic carbocycles. The normalized spacial score (nSPS) is 11.4. The van der Waals surface area contributed by atoms with Gasteiger partial charge in [0.05, 0.1) is 0 Å². The van der Waals surface area contributed by atoms with Crippen LogP contribution in [0.25, 0.3) is 0 Å². The third-order valence-corrected chi connectivity index (χ3v) is 4.02. The van der Waals surface area contributed by atoms with Gasteiger partial charge in [-0.2, -0.15) is 0 Å². The van der Waals surface area contributed by atoms with Crippen LogP contribution in [0.15, 0.2) is 60.7 Å². The van der Waals surface area contributed by atoms with Gasteiger partial charge in [-0.3, -0.25) is 0 Å². The SMILES string of the molecule is ClCC(CCl)(c1ccccc1)c1ccccc1. The van der Waals surface area contributed by atoms with E-state index in [1.54, 1.807) is 0 Å². The molecule has 2 rings (SSSR count). The number of hydrogen-bond donors (Lipinski definition) is 0. The number of hydrogen-bond acceptors (Lipinski definition) is 0. The molecule has 2 heteroatoms. The lowest BCUT2D eigenvalue weighted by molar-refractivity contribution is 0.657. The topological polar surface area (TPSA) is 0 Å². The van der Waals surface area contributed by atoms with Gasteiger partial charge in [0.2, 0.25) is 0 Å². The maximum atomic E-state index is 6.21. The molecule has 0 aliphatic rings. The van der Waals surface area contributed by atoms with Gasteiger partial charge in [-0.15, -0.1) is 23.2 Å². The molecule has 0 aliphatic carbocycles. The Bertz CT molecular complexity index is 405. The second kappa shape index (κ2) is 5.57. The summed E-state index contributed by atoms with van der Waals surface area (Å²) in [6.45, 7) is 0. The summed E-state index contributed by atoms with van der Waals surface area (Å²) < 4.78 is 0. The van der Waals surface area contributed by atoms with Crippen molar-refractivity contribution < 1.29 is 0 Å². The first kappa shape index (κ1) is 12.5. The van der Waals surface area contributed by atoms with Gasteiger partial charge >= 0.3 is 0 Å². The number of alkyl halides is 2. The molecule has 0 radical (unpaired) electrons. The van der Waals surface area contributed by atoms with E-state index >= 15 is 0 Å². The Hall–Kier alpha value is -0.980. The highest BCUT2D eigenvalue weighted by molar-refractivity contribution is 6.22. The van der Waals surface area contributed by atoms with Gasteiger partial charge in [0.1, 0.15) is 0 Å². The van der Waals surface area contributed by atoms with Crippen LogP contribution >= 0.6 is 23.2 Å². The lowest BCUT2D eigenvalue weighted by Gasteiger charge is -2.30. The van der Waals surface area contributed by atoms with Gasteiger partial charge in [0, 0.05) is 17.2 Å². The molecule has 0 saturated heterocycles. The average Bonchev–Trinajstić information content (AvgIpc) is 2.43. The molecule has 2 aromatic rings. The molecule has 0 fully saturated rings. The van der Waals surface area contributed by atoms with E-state index in [2.05, 4.69) is 24.3 Å².